The highest BCUT2D eigenvalue weighted by molar-refractivity contribution is 9.10. The molecule has 3 N–H and O–H groups in total. The molecular weight excluding hydrogens is 375 g/mol. The van der Waals surface area contributed by atoms with Gasteiger partial charge in [0, 0.05) is 14.5 Å². The van der Waals surface area contributed by atoms with Crippen LogP contribution in [0.5, 0.6) is 0 Å². The zero-order valence-corrected chi connectivity index (χ0v) is 13.4. The number of aryl methyl sites for hydroxylation is 1. The molecule has 1 atom stereocenters. The number of hydrogen-bond acceptors (Lipinski definition) is 2. The summed E-state index contributed by atoms with van der Waals surface area (Å²) in [5.74, 6) is 5.33. The Hall–Kier alpha value is -0.750. The molecule has 2 aromatic rings. The van der Waals surface area contributed by atoms with Gasteiger partial charge in [-0.1, -0.05) is 49.6 Å². The Balaban J connectivity index is 2.55. The van der Waals surface area contributed by atoms with Crippen LogP contribution >= 0.6 is 31.9 Å². The van der Waals surface area contributed by atoms with Crippen molar-refractivity contribution in [2.45, 2.75) is 13.0 Å². The van der Waals surface area contributed by atoms with E-state index in [2.05, 4.69) is 37.3 Å². The molecule has 2 rings (SSSR count). The van der Waals surface area contributed by atoms with E-state index >= 15 is 0 Å². The second kappa shape index (κ2) is 6.13. The third-order valence-corrected chi connectivity index (χ3v) is 4.11. The monoisotopic (exact) mass is 386 g/mol. The highest BCUT2D eigenvalue weighted by Crippen LogP contribution is 2.31. The lowest BCUT2D eigenvalue weighted by atomic mass is 9.97. The molecule has 0 saturated heterocycles. The molecule has 0 saturated carbocycles. The Morgan fingerprint density at radius 2 is 1.84 bits per heavy atom. The molecule has 0 aromatic heterocycles. The van der Waals surface area contributed by atoms with E-state index in [1.54, 1.807) is 12.1 Å². The predicted molar refractivity (Wildman–Crippen MR) is 82.1 cm³/mol. The topological polar surface area (TPSA) is 38.0 Å². The van der Waals surface area contributed by atoms with Crippen LogP contribution in [0.25, 0.3) is 0 Å². The lowest BCUT2D eigenvalue weighted by Gasteiger charge is -2.20. The maximum Gasteiger partial charge on any atom is 0.128 e. The highest BCUT2D eigenvalue weighted by atomic mass is 79.9. The van der Waals surface area contributed by atoms with Crippen LogP contribution in [-0.4, -0.2) is 0 Å². The van der Waals surface area contributed by atoms with E-state index in [9.17, 15) is 4.39 Å². The van der Waals surface area contributed by atoms with E-state index in [1.807, 2.05) is 25.1 Å². The second-order valence-corrected chi connectivity index (χ2v) is 6.06. The van der Waals surface area contributed by atoms with Crippen molar-refractivity contribution in [3.05, 3.63) is 67.9 Å². The van der Waals surface area contributed by atoms with Crippen molar-refractivity contribution >= 4 is 31.9 Å². The smallest absolute Gasteiger partial charge is 0.128 e. The zero-order valence-electron chi connectivity index (χ0n) is 10.3. The number of nitrogens with one attached hydrogen (secondary N) is 1. The predicted octanol–water partition coefficient (Wildman–Crippen LogP) is 4.21. The van der Waals surface area contributed by atoms with E-state index in [1.165, 1.54) is 6.07 Å². The maximum absolute atomic E-state index is 14.0. The van der Waals surface area contributed by atoms with Crippen LogP contribution in [0.4, 0.5) is 4.39 Å². The van der Waals surface area contributed by atoms with Gasteiger partial charge in [0.2, 0.25) is 0 Å². The summed E-state index contributed by atoms with van der Waals surface area (Å²) in [6, 6.07) is 10.3. The number of benzene rings is 2. The summed E-state index contributed by atoms with van der Waals surface area (Å²) >= 11 is 6.83. The minimum atomic E-state index is -0.410. The molecule has 0 radical (unpaired) electrons. The van der Waals surface area contributed by atoms with Crippen molar-refractivity contribution in [2.75, 3.05) is 0 Å². The molecule has 0 bridgehead atoms. The van der Waals surface area contributed by atoms with Crippen molar-refractivity contribution in [1.29, 1.82) is 0 Å². The summed E-state index contributed by atoms with van der Waals surface area (Å²) in [6.07, 6.45) is 0. The van der Waals surface area contributed by atoms with Crippen LogP contribution in [0.15, 0.2) is 45.3 Å². The summed E-state index contributed by atoms with van der Waals surface area (Å²) in [4.78, 5) is 0. The van der Waals surface area contributed by atoms with Gasteiger partial charge in [-0.2, -0.15) is 0 Å². The first-order valence-corrected chi connectivity index (χ1v) is 7.28. The summed E-state index contributed by atoms with van der Waals surface area (Å²) < 4.78 is 15.7. The highest BCUT2D eigenvalue weighted by Gasteiger charge is 2.19. The van der Waals surface area contributed by atoms with E-state index in [-0.39, 0.29) is 5.82 Å². The third kappa shape index (κ3) is 3.23. The van der Waals surface area contributed by atoms with E-state index < -0.39 is 6.04 Å². The number of halogens is 3. The Kier molecular flexibility index (Phi) is 4.73. The van der Waals surface area contributed by atoms with Gasteiger partial charge < -0.3 is 0 Å². The van der Waals surface area contributed by atoms with Crippen LogP contribution in [0.3, 0.4) is 0 Å². The first-order chi connectivity index (χ1) is 9.02. The molecule has 1 unspecified atom stereocenters. The molecule has 0 heterocycles. The largest absolute Gasteiger partial charge is 0.271 e. The van der Waals surface area contributed by atoms with Crippen LogP contribution < -0.4 is 11.3 Å². The standard InChI is InChI=1S/C14H13Br2FN2/c1-8-2-4-12(16)10(6-8)14(19-18)11-7-9(15)3-5-13(11)17/h2-7,14,19H,18H2,1H3. The molecule has 5 heteroatoms. The van der Waals surface area contributed by atoms with E-state index in [0.29, 0.717) is 5.56 Å². The number of hydrogen-bond donors (Lipinski definition) is 2. The van der Waals surface area contributed by atoms with Crippen LogP contribution in [0.1, 0.15) is 22.7 Å². The first kappa shape index (κ1) is 14.7. The number of rotatable bonds is 3. The fourth-order valence-electron chi connectivity index (χ4n) is 1.97. The number of hydrazine groups is 1. The quantitative estimate of drug-likeness (QED) is 0.611. The van der Waals surface area contributed by atoms with Crippen LogP contribution in [-0.2, 0) is 0 Å². The lowest BCUT2D eigenvalue weighted by molar-refractivity contribution is 0.558. The summed E-state index contributed by atoms with van der Waals surface area (Å²) in [7, 11) is 0. The molecule has 0 fully saturated rings. The molecule has 2 nitrogen and oxygen atoms in total. The molecule has 0 aliphatic carbocycles. The minimum absolute atomic E-state index is 0.292. The van der Waals surface area contributed by atoms with Gasteiger partial charge in [0.15, 0.2) is 0 Å². The average Bonchev–Trinajstić information content (AvgIpc) is 2.38. The molecule has 0 aliphatic rings. The second-order valence-electron chi connectivity index (χ2n) is 4.29. The summed E-state index contributed by atoms with van der Waals surface area (Å²) in [5.41, 5.74) is 5.18. The number of nitrogens with two attached hydrogens (primary N) is 1. The van der Waals surface area contributed by atoms with Gasteiger partial charge in [0.25, 0.3) is 0 Å². The Morgan fingerprint density at radius 1 is 1.11 bits per heavy atom. The molecule has 19 heavy (non-hydrogen) atoms. The molecular formula is C14H13Br2FN2. The first-order valence-electron chi connectivity index (χ1n) is 5.70. The zero-order chi connectivity index (χ0) is 14.0. The Morgan fingerprint density at radius 3 is 2.53 bits per heavy atom. The summed E-state index contributed by atoms with van der Waals surface area (Å²) in [5, 5.41) is 0. The van der Waals surface area contributed by atoms with Crippen molar-refractivity contribution in [1.82, 2.24) is 5.43 Å². The van der Waals surface area contributed by atoms with Crippen molar-refractivity contribution in [2.24, 2.45) is 5.84 Å². The van der Waals surface area contributed by atoms with E-state index in [4.69, 9.17) is 5.84 Å². The van der Waals surface area contributed by atoms with Gasteiger partial charge in [-0.3, -0.25) is 5.84 Å². The van der Waals surface area contributed by atoms with Gasteiger partial charge in [-0.05, 0) is 36.8 Å². The molecule has 2 aromatic carbocycles. The van der Waals surface area contributed by atoms with Gasteiger partial charge in [-0.15, -0.1) is 0 Å². The lowest BCUT2D eigenvalue weighted by Crippen LogP contribution is -2.30. The van der Waals surface area contributed by atoms with Gasteiger partial charge in [-0.25, -0.2) is 9.82 Å². The Bertz CT molecular complexity index is 550. The van der Waals surface area contributed by atoms with Crippen molar-refractivity contribution < 1.29 is 4.39 Å². The fourth-order valence-corrected chi connectivity index (χ4v) is 2.82. The van der Waals surface area contributed by atoms with Crippen molar-refractivity contribution in [3.8, 4) is 0 Å². The van der Waals surface area contributed by atoms with Crippen LogP contribution in [0, 0.1) is 12.7 Å². The molecule has 0 aliphatic heterocycles. The van der Waals surface area contributed by atoms with Crippen molar-refractivity contribution in [3.63, 3.8) is 0 Å². The minimum Gasteiger partial charge on any atom is -0.271 e. The fraction of sp³-hybridized carbons (Fsp3) is 0.143. The van der Waals surface area contributed by atoms with Gasteiger partial charge in [0.05, 0.1) is 6.04 Å². The molecule has 0 amide bonds. The maximum atomic E-state index is 14.0. The normalized spacial score (nSPS) is 12.5. The van der Waals surface area contributed by atoms with E-state index in [0.717, 1.165) is 20.1 Å². The SMILES string of the molecule is Cc1ccc(Br)c(C(NN)c2cc(Br)ccc2F)c1. The van der Waals surface area contributed by atoms with Gasteiger partial charge in [0.1, 0.15) is 5.82 Å². The molecule has 100 valence electrons. The Labute approximate surface area is 128 Å². The average molecular weight is 388 g/mol. The van der Waals surface area contributed by atoms with Gasteiger partial charge >= 0.3 is 0 Å². The van der Waals surface area contributed by atoms with Crippen LogP contribution in [0.2, 0.25) is 0 Å². The molecule has 0 spiro atoms. The summed E-state index contributed by atoms with van der Waals surface area (Å²) in [6.45, 7) is 1.99. The third-order valence-electron chi connectivity index (χ3n) is 2.90.